The van der Waals surface area contributed by atoms with Crippen molar-refractivity contribution in [3.8, 4) is 0 Å². The van der Waals surface area contributed by atoms with Crippen molar-refractivity contribution in [2.45, 2.75) is 52.2 Å². The van der Waals surface area contributed by atoms with Crippen LogP contribution in [0, 0.1) is 5.92 Å². The summed E-state index contributed by atoms with van der Waals surface area (Å²) in [6.07, 6.45) is 1.13. The molecule has 0 aliphatic rings. The van der Waals surface area contributed by atoms with E-state index in [0.717, 1.165) is 0 Å². The van der Waals surface area contributed by atoms with Gasteiger partial charge in [-0.15, -0.1) is 0 Å². The van der Waals surface area contributed by atoms with Gasteiger partial charge >= 0.3 is 0 Å². The number of nitrogens with two attached hydrogens (primary N) is 1. The minimum Gasteiger partial charge on any atom is -0.388 e. The van der Waals surface area contributed by atoms with Gasteiger partial charge in [-0.25, -0.2) is 0 Å². The largest absolute Gasteiger partial charge is 0.388 e. The van der Waals surface area contributed by atoms with Crippen molar-refractivity contribution in [2.75, 3.05) is 13.1 Å². The van der Waals surface area contributed by atoms with Crippen LogP contribution in [-0.2, 0) is 9.59 Å². The molecule has 0 aromatic heterocycles. The van der Waals surface area contributed by atoms with Crippen LogP contribution in [0.5, 0.6) is 0 Å². The molecule has 0 radical (unpaired) electrons. The molecular weight excluding hydrogens is 246 g/mol. The number of hydrogen-bond acceptors (Lipinski definition) is 4. The third-order valence-corrected chi connectivity index (χ3v) is 3.38. The van der Waals surface area contributed by atoms with Crippen LogP contribution in [0.25, 0.3) is 0 Å². The summed E-state index contributed by atoms with van der Waals surface area (Å²) in [5.74, 6) is -0.649. The van der Waals surface area contributed by atoms with Crippen LogP contribution in [0.15, 0.2) is 0 Å². The molecule has 0 fully saturated rings. The number of nitrogens with one attached hydrogen (secondary N) is 2. The maximum Gasteiger partial charge on any atom is 0.239 e. The van der Waals surface area contributed by atoms with Crippen molar-refractivity contribution >= 4 is 11.8 Å². The third kappa shape index (κ3) is 6.54. The molecular formula is C13H27N3O3. The molecule has 112 valence electrons. The minimum atomic E-state index is -0.881. The quantitative estimate of drug-likeness (QED) is 0.489. The van der Waals surface area contributed by atoms with E-state index in [1.807, 2.05) is 27.7 Å². The second-order valence-corrected chi connectivity index (χ2v) is 5.20. The van der Waals surface area contributed by atoms with Gasteiger partial charge in [0.1, 0.15) is 0 Å². The van der Waals surface area contributed by atoms with Gasteiger partial charge in [0.2, 0.25) is 11.8 Å². The lowest BCUT2D eigenvalue weighted by molar-refractivity contribution is -0.127. The topological polar surface area (TPSA) is 104 Å². The smallest absolute Gasteiger partial charge is 0.239 e. The zero-order valence-corrected chi connectivity index (χ0v) is 12.3. The number of amides is 2. The number of rotatable bonds is 8. The zero-order chi connectivity index (χ0) is 15.1. The normalized spacial score (nSPS) is 13.2. The lowest BCUT2D eigenvalue weighted by Gasteiger charge is -2.25. The molecule has 0 heterocycles. The Labute approximate surface area is 115 Å². The standard InChI is InChI=1S/C13H27N3O3/c1-5-13(19,6-2)8-16-10(17)7-15-12(18)11(14)9(3)4/h9,11,19H,5-8,14H2,1-4H3,(H,15,18)(H,16,17)/t11-/m0/s1. The Morgan fingerprint density at radius 1 is 1.21 bits per heavy atom. The van der Waals surface area contributed by atoms with E-state index in [0.29, 0.717) is 12.8 Å². The van der Waals surface area contributed by atoms with Crippen molar-refractivity contribution in [2.24, 2.45) is 11.7 Å². The average molecular weight is 273 g/mol. The number of carbonyl (C=O) groups is 2. The summed E-state index contributed by atoms with van der Waals surface area (Å²) in [5.41, 5.74) is 4.77. The molecule has 6 heteroatoms. The SMILES string of the molecule is CCC(O)(CC)CNC(=O)CNC(=O)[C@@H](N)C(C)C. The minimum absolute atomic E-state index is 0.0216. The molecule has 2 amide bonds. The van der Waals surface area contributed by atoms with Crippen LogP contribution in [-0.4, -0.2) is 41.7 Å². The fourth-order valence-corrected chi connectivity index (χ4v) is 1.41. The highest BCUT2D eigenvalue weighted by Gasteiger charge is 2.23. The van der Waals surface area contributed by atoms with Crippen LogP contribution in [0.2, 0.25) is 0 Å². The van der Waals surface area contributed by atoms with Crippen molar-refractivity contribution < 1.29 is 14.7 Å². The molecule has 0 spiro atoms. The number of carbonyl (C=O) groups excluding carboxylic acids is 2. The number of hydrogen-bond donors (Lipinski definition) is 4. The van der Waals surface area contributed by atoms with Gasteiger partial charge in [0.25, 0.3) is 0 Å². The van der Waals surface area contributed by atoms with Crippen LogP contribution < -0.4 is 16.4 Å². The molecule has 6 nitrogen and oxygen atoms in total. The summed E-state index contributed by atoms with van der Waals surface area (Å²) in [5, 5.41) is 15.1. The average Bonchev–Trinajstić information content (AvgIpc) is 2.40. The van der Waals surface area contributed by atoms with Crippen LogP contribution >= 0.6 is 0 Å². The molecule has 0 aliphatic heterocycles. The first-order chi connectivity index (χ1) is 8.75. The third-order valence-electron chi connectivity index (χ3n) is 3.38. The van der Waals surface area contributed by atoms with E-state index in [1.54, 1.807) is 0 Å². The van der Waals surface area contributed by atoms with Crippen molar-refractivity contribution in [1.82, 2.24) is 10.6 Å². The van der Waals surface area contributed by atoms with Crippen LogP contribution in [0.1, 0.15) is 40.5 Å². The highest BCUT2D eigenvalue weighted by molar-refractivity contribution is 5.87. The van der Waals surface area contributed by atoms with Crippen LogP contribution in [0.4, 0.5) is 0 Å². The highest BCUT2D eigenvalue weighted by Crippen LogP contribution is 2.12. The van der Waals surface area contributed by atoms with E-state index < -0.39 is 11.6 Å². The van der Waals surface area contributed by atoms with E-state index in [2.05, 4.69) is 10.6 Å². The molecule has 0 aromatic rings. The van der Waals surface area contributed by atoms with Gasteiger partial charge in [-0.1, -0.05) is 27.7 Å². The van der Waals surface area contributed by atoms with Gasteiger partial charge in [-0.3, -0.25) is 9.59 Å². The summed E-state index contributed by atoms with van der Waals surface area (Å²) >= 11 is 0. The second kappa shape index (κ2) is 8.12. The molecule has 1 atom stereocenters. The van der Waals surface area contributed by atoms with Gasteiger partial charge in [-0.05, 0) is 18.8 Å². The van der Waals surface area contributed by atoms with Crippen LogP contribution in [0.3, 0.4) is 0 Å². The van der Waals surface area contributed by atoms with Crippen molar-refractivity contribution in [3.05, 3.63) is 0 Å². The second-order valence-electron chi connectivity index (χ2n) is 5.20. The van der Waals surface area contributed by atoms with Gasteiger partial charge in [0.15, 0.2) is 0 Å². The first-order valence-corrected chi connectivity index (χ1v) is 6.78. The highest BCUT2D eigenvalue weighted by atomic mass is 16.3. The van der Waals surface area contributed by atoms with E-state index >= 15 is 0 Å². The Bertz CT molecular complexity index is 302. The molecule has 0 aliphatic carbocycles. The summed E-state index contributed by atoms with van der Waals surface area (Å²) in [6, 6.07) is -0.615. The summed E-state index contributed by atoms with van der Waals surface area (Å²) in [7, 11) is 0. The van der Waals surface area contributed by atoms with Crippen molar-refractivity contribution in [1.29, 1.82) is 0 Å². The number of aliphatic hydroxyl groups is 1. The molecule has 0 aromatic carbocycles. The molecule has 0 rings (SSSR count). The van der Waals surface area contributed by atoms with E-state index in [4.69, 9.17) is 5.73 Å². The lowest BCUT2D eigenvalue weighted by Crippen LogP contribution is -2.49. The summed E-state index contributed by atoms with van der Waals surface area (Å²) in [4.78, 5) is 23.1. The molecule has 0 bridgehead atoms. The zero-order valence-electron chi connectivity index (χ0n) is 12.3. The first kappa shape index (κ1) is 17.9. The molecule has 19 heavy (non-hydrogen) atoms. The predicted octanol–water partition coefficient (Wildman–Crippen LogP) is -0.247. The van der Waals surface area contributed by atoms with Gasteiger partial charge in [0.05, 0.1) is 18.2 Å². The first-order valence-electron chi connectivity index (χ1n) is 6.78. The Morgan fingerprint density at radius 2 is 1.74 bits per heavy atom. The van der Waals surface area contributed by atoms with Gasteiger partial charge in [-0.2, -0.15) is 0 Å². The lowest BCUT2D eigenvalue weighted by atomic mass is 9.98. The van der Waals surface area contributed by atoms with E-state index in [1.165, 1.54) is 0 Å². The summed E-state index contributed by atoms with van der Waals surface area (Å²) in [6.45, 7) is 7.46. The molecule has 0 saturated carbocycles. The molecule has 0 unspecified atom stereocenters. The van der Waals surface area contributed by atoms with E-state index in [-0.39, 0.29) is 30.8 Å². The maximum atomic E-state index is 11.5. The Hall–Kier alpha value is -1.14. The monoisotopic (exact) mass is 273 g/mol. The Morgan fingerprint density at radius 3 is 2.16 bits per heavy atom. The Balaban J connectivity index is 4.04. The van der Waals surface area contributed by atoms with Crippen molar-refractivity contribution in [3.63, 3.8) is 0 Å². The summed E-state index contributed by atoms with van der Waals surface area (Å²) < 4.78 is 0. The molecule has 0 saturated heterocycles. The molecule has 5 N–H and O–H groups in total. The fraction of sp³-hybridized carbons (Fsp3) is 0.846. The maximum absolute atomic E-state index is 11.5. The fourth-order valence-electron chi connectivity index (χ4n) is 1.41. The predicted molar refractivity (Wildman–Crippen MR) is 74.4 cm³/mol. The Kier molecular flexibility index (Phi) is 7.63. The van der Waals surface area contributed by atoms with Gasteiger partial charge in [0, 0.05) is 6.54 Å². The van der Waals surface area contributed by atoms with E-state index in [9.17, 15) is 14.7 Å². The van der Waals surface area contributed by atoms with Gasteiger partial charge < -0.3 is 21.5 Å².